The summed E-state index contributed by atoms with van der Waals surface area (Å²) in [4.78, 5) is 8.81. The van der Waals surface area contributed by atoms with Gasteiger partial charge in [-0.1, -0.05) is 6.07 Å². The minimum Gasteiger partial charge on any atom is -0.324 e. The fourth-order valence-corrected chi connectivity index (χ4v) is 2.71. The van der Waals surface area contributed by atoms with E-state index in [1.807, 2.05) is 0 Å². The van der Waals surface area contributed by atoms with Crippen LogP contribution in [0.5, 0.6) is 0 Å². The molecule has 3 N–H and O–H groups in total. The summed E-state index contributed by atoms with van der Waals surface area (Å²) in [6, 6.07) is 2.83. The fraction of sp³-hybridized carbons (Fsp3) is 0.400. The Morgan fingerprint density at radius 1 is 1.45 bits per heavy atom. The Bertz CT molecular complexity index is 601. The lowest BCUT2D eigenvalue weighted by atomic mass is 10.1. The number of nitrogens with one attached hydrogen (secondary N) is 1. The summed E-state index contributed by atoms with van der Waals surface area (Å²) in [5.74, 6) is -1.18. The zero-order chi connectivity index (χ0) is 14.8. The maximum Gasteiger partial charge on any atom is 0.292 e. The Balaban J connectivity index is 0.00000361. The summed E-state index contributed by atoms with van der Waals surface area (Å²) in [5.41, 5.74) is 3.92. The molecule has 0 aliphatic rings. The summed E-state index contributed by atoms with van der Waals surface area (Å²) in [6.45, 7) is 2.94. The second kappa shape index (κ2) is 6.44. The van der Waals surface area contributed by atoms with E-state index in [1.165, 1.54) is 0 Å². The van der Waals surface area contributed by atoms with Crippen LogP contribution in [-0.4, -0.2) is 25.4 Å². The molecule has 0 saturated carbocycles. The van der Waals surface area contributed by atoms with E-state index in [2.05, 4.69) is 4.72 Å². The molecule has 0 bridgehead atoms. The number of nitro benzene ring substituents is 1. The van der Waals surface area contributed by atoms with Crippen molar-refractivity contribution in [2.24, 2.45) is 5.73 Å². The van der Waals surface area contributed by atoms with E-state index in [-0.39, 0.29) is 19.0 Å². The maximum atomic E-state index is 13.6. The standard InChI is InChI=1S/C10H14FN3O4S.ClH/c1-10(2,12)6-13-19(17,18)9-7(11)4-3-5-8(9)14(15)16;/h3-5,13H,6,12H2,1-2H3;1H. The van der Waals surface area contributed by atoms with Crippen molar-refractivity contribution in [3.63, 3.8) is 0 Å². The molecule has 1 aromatic rings. The quantitative estimate of drug-likeness (QED) is 0.622. The van der Waals surface area contributed by atoms with Crippen molar-refractivity contribution in [2.45, 2.75) is 24.3 Å². The van der Waals surface area contributed by atoms with E-state index in [9.17, 15) is 22.9 Å². The second-order valence-corrected chi connectivity index (χ2v) is 6.36. The monoisotopic (exact) mass is 327 g/mol. The van der Waals surface area contributed by atoms with Crippen LogP contribution in [0.1, 0.15) is 13.8 Å². The van der Waals surface area contributed by atoms with E-state index in [1.54, 1.807) is 13.8 Å². The SMILES string of the molecule is CC(C)(N)CNS(=O)(=O)c1c(F)cccc1[N+](=O)[O-].Cl. The van der Waals surface area contributed by atoms with Crippen molar-refractivity contribution in [1.82, 2.24) is 4.72 Å². The van der Waals surface area contributed by atoms with E-state index < -0.39 is 36.9 Å². The minimum atomic E-state index is -4.35. The van der Waals surface area contributed by atoms with Crippen LogP contribution in [0.4, 0.5) is 10.1 Å². The summed E-state index contributed by atoms with van der Waals surface area (Å²) in [6.07, 6.45) is 0. The summed E-state index contributed by atoms with van der Waals surface area (Å²) >= 11 is 0. The zero-order valence-electron chi connectivity index (χ0n) is 10.8. The second-order valence-electron chi connectivity index (χ2n) is 4.66. The molecule has 0 radical (unpaired) electrons. The van der Waals surface area contributed by atoms with Gasteiger partial charge in [0.2, 0.25) is 10.0 Å². The van der Waals surface area contributed by atoms with Gasteiger partial charge in [-0.15, -0.1) is 12.4 Å². The summed E-state index contributed by atoms with van der Waals surface area (Å²) in [7, 11) is -4.35. The first-order valence-corrected chi connectivity index (χ1v) is 6.74. The minimum absolute atomic E-state index is 0. The van der Waals surface area contributed by atoms with Crippen molar-refractivity contribution in [3.05, 3.63) is 34.1 Å². The smallest absolute Gasteiger partial charge is 0.292 e. The van der Waals surface area contributed by atoms with Gasteiger partial charge in [0.15, 0.2) is 4.90 Å². The molecule has 0 heterocycles. The number of halogens is 2. The molecular weight excluding hydrogens is 313 g/mol. The molecule has 0 amide bonds. The van der Waals surface area contributed by atoms with E-state index >= 15 is 0 Å². The van der Waals surface area contributed by atoms with Gasteiger partial charge in [-0.25, -0.2) is 17.5 Å². The largest absolute Gasteiger partial charge is 0.324 e. The molecule has 0 atom stereocenters. The summed E-state index contributed by atoms with van der Waals surface area (Å²) < 4.78 is 39.5. The fourth-order valence-electron chi connectivity index (χ4n) is 1.26. The molecule has 10 heteroatoms. The van der Waals surface area contributed by atoms with Crippen molar-refractivity contribution in [1.29, 1.82) is 0 Å². The van der Waals surface area contributed by atoms with Crippen molar-refractivity contribution in [3.8, 4) is 0 Å². The topological polar surface area (TPSA) is 115 Å². The zero-order valence-corrected chi connectivity index (χ0v) is 12.4. The predicted octanol–water partition coefficient (Wildman–Crippen LogP) is 1.17. The predicted molar refractivity (Wildman–Crippen MR) is 73.8 cm³/mol. The molecule has 0 aromatic heterocycles. The number of benzene rings is 1. The van der Waals surface area contributed by atoms with Gasteiger partial charge in [0.1, 0.15) is 5.82 Å². The third-order valence-electron chi connectivity index (χ3n) is 2.13. The Morgan fingerprint density at radius 3 is 2.45 bits per heavy atom. The van der Waals surface area contributed by atoms with E-state index in [4.69, 9.17) is 5.73 Å². The number of nitro groups is 1. The van der Waals surface area contributed by atoms with Crippen LogP contribution in [0.2, 0.25) is 0 Å². The Labute approximate surface area is 122 Å². The highest BCUT2D eigenvalue weighted by molar-refractivity contribution is 7.89. The first-order chi connectivity index (χ1) is 8.54. The van der Waals surface area contributed by atoms with Gasteiger partial charge in [0.05, 0.1) is 4.92 Å². The van der Waals surface area contributed by atoms with Crippen LogP contribution >= 0.6 is 12.4 Å². The molecule has 0 fully saturated rings. The molecule has 20 heavy (non-hydrogen) atoms. The molecule has 0 saturated heterocycles. The number of hydrogen-bond acceptors (Lipinski definition) is 5. The lowest BCUT2D eigenvalue weighted by molar-refractivity contribution is -0.388. The van der Waals surface area contributed by atoms with Crippen LogP contribution in [0.25, 0.3) is 0 Å². The molecule has 0 unspecified atom stereocenters. The molecule has 1 aromatic carbocycles. The lowest BCUT2D eigenvalue weighted by Crippen LogP contribution is -2.45. The molecule has 0 aliphatic carbocycles. The van der Waals surface area contributed by atoms with Gasteiger partial charge >= 0.3 is 0 Å². The van der Waals surface area contributed by atoms with Gasteiger partial charge in [0.25, 0.3) is 5.69 Å². The van der Waals surface area contributed by atoms with Crippen LogP contribution in [-0.2, 0) is 10.0 Å². The maximum absolute atomic E-state index is 13.6. The Morgan fingerprint density at radius 2 is 2.00 bits per heavy atom. The van der Waals surface area contributed by atoms with E-state index in [0.29, 0.717) is 0 Å². The normalized spacial score (nSPS) is 11.8. The van der Waals surface area contributed by atoms with Crippen LogP contribution in [0.15, 0.2) is 23.1 Å². The summed E-state index contributed by atoms with van der Waals surface area (Å²) in [5, 5.41) is 10.7. The van der Waals surface area contributed by atoms with Gasteiger partial charge in [-0.05, 0) is 19.9 Å². The van der Waals surface area contributed by atoms with Gasteiger partial charge in [0, 0.05) is 18.2 Å². The average molecular weight is 328 g/mol. The molecule has 1 rings (SSSR count). The average Bonchev–Trinajstić information content (AvgIpc) is 2.25. The number of sulfonamides is 1. The first-order valence-electron chi connectivity index (χ1n) is 5.26. The molecule has 114 valence electrons. The van der Waals surface area contributed by atoms with Crippen LogP contribution in [0.3, 0.4) is 0 Å². The highest BCUT2D eigenvalue weighted by Gasteiger charge is 2.30. The number of hydrogen-bond donors (Lipinski definition) is 2. The third-order valence-corrected chi connectivity index (χ3v) is 3.60. The van der Waals surface area contributed by atoms with E-state index in [0.717, 1.165) is 18.2 Å². The number of nitrogens with zero attached hydrogens (tertiary/aromatic N) is 1. The highest BCUT2D eigenvalue weighted by atomic mass is 35.5. The Hall–Kier alpha value is -1.29. The van der Waals surface area contributed by atoms with Gasteiger partial charge < -0.3 is 5.73 Å². The first kappa shape index (κ1) is 18.7. The van der Waals surface area contributed by atoms with Crippen molar-refractivity contribution in [2.75, 3.05) is 6.54 Å². The number of nitrogens with two attached hydrogens (primary N) is 1. The van der Waals surface area contributed by atoms with Crippen LogP contribution < -0.4 is 10.5 Å². The van der Waals surface area contributed by atoms with Gasteiger partial charge in [-0.3, -0.25) is 10.1 Å². The molecule has 0 aliphatic heterocycles. The molecule has 7 nitrogen and oxygen atoms in total. The lowest BCUT2D eigenvalue weighted by Gasteiger charge is -2.19. The molecule has 0 spiro atoms. The van der Waals surface area contributed by atoms with Crippen molar-refractivity contribution >= 4 is 28.1 Å². The van der Waals surface area contributed by atoms with Crippen LogP contribution in [0, 0.1) is 15.9 Å². The molecular formula is C10H15ClFN3O4S. The Kier molecular flexibility index (Phi) is 6.02. The van der Waals surface area contributed by atoms with Crippen molar-refractivity contribution < 1.29 is 17.7 Å². The third kappa shape index (κ3) is 4.67. The van der Waals surface area contributed by atoms with Gasteiger partial charge in [-0.2, -0.15) is 0 Å². The number of rotatable bonds is 5. The highest BCUT2D eigenvalue weighted by Crippen LogP contribution is 2.26.